The summed E-state index contributed by atoms with van der Waals surface area (Å²) in [5.74, 6) is 0.873. The van der Waals surface area contributed by atoms with Crippen LogP contribution in [0.25, 0.3) is 11.3 Å². The van der Waals surface area contributed by atoms with Crippen molar-refractivity contribution >= 4 is 12.1 Å². The minimum absolute atomic E-state index is 0.423. The Morgan fingerprint density at radius 2 is 1.95 bits per heavy atom. The molecule has 0 bridgehead atoms. The van der Waals surface area contributed by atoms with Crippen LogP contribution < -0.4 is 5.73 Å². The maximum absolute atomic E-state index is 11.4. The van der Waals surface area contributed by atoms with Crippen LogP contribution in [0.5, 0.6) is 0 Å². The van der Waals surface area contributed by atoms with Gasteiger partial charge in [0.2, 0.25) is 0 Å². The Labute approximate surface area is 126 Å². The average molecular weight is 285 g/mol. The summed E-state index contributed by atoms with van der Waals surface area (Å²) in [6, 6.07) is 8.20. The fraction of sp³-hybridized carbons (Fsp3) is 0.412. The van der Waals surface area contributed by atoms with Crippen LogP contribution in [-0.2, 0) is 13.0 Å². The van der Waals surface area contributed by atoms with Gasteiger partial charge in [0.05, 0.1) is 5.56 Å². The third kappa shape index (κ3) is 3.32. The first-order valence-corrected chi connectivity index (χ1v) is 7.47. The molecular formula is C17H23N3O. The van der Waals surface area contributed by atoms with E-state index in [4.69, 9.17) is 5.73 Å². The van der Waals surface area contributed by atoms with Gasteiger partial charge in [-0.2, -0.15) is 5.10 Å². The summed E-state index contributed by atoms with van der Waals surface area (Å²) in [5.41, 5.74) is 9.44. The first-order chi connectivity index (χ1) is 10.1. The van der Waals surface area contributed by atoms with E-state index < -0.39 is 0 Å². The third-order valence-electron chi connectivity index (χ3n) is 3.45. The smallest absolute Gasteiger partial charge is 0.156 e. The SMILES string of the molecule is CCCc1ccc(-c2nn(CC(C)C)c(N)c2C=O)cc1. The summed E-state index contributed by atoms with van der Waals surface area (Å²) in [6.45, 7) is 7.06. The van der Waals surface area contributed by atoms with Crippen molar-refractivity contribution in [3.05, 3.63) is 35.4 Å². The summed E-state index contributed by atoms with van der Waals surface area (Å²) < 4.78 is 1.73. The van der Waals surface area contributed by atoms with E-state index in [9.17, 15) is 4.79 Å². The van der Waals surface area contributed by atoms with Crippen LogP contribution in [0.4, 0.5) is 5.82 Å². The molecule has 4 nitrogen and oxygen atoms in total. The zero-order valence-corrected chi connectivity index (χ0v) is 13.0. The van der Waals surface area contributed by atoms with E-state index in [0.717, 1.165) is 24.7 Å². The number of carbonyl (C=O) groups excluding carboxylic acids is 1. The van der Waals surface area contributed by atoms with Gasteiger partial charge in [-0.05, 0) is 17.9 Å². The molecule has 21 heavy (non-hydrogen) atoms. The van der Waals surface area contributed by atoms with Crippen LogP contribution in [0.1, 0.15) is 43.1 Å². The number of anilines is 1. The van der Waals surface area contributed by atoms with Crippen LogP contribution in [0.2, 0.25) is 0 Å². The summed E-state index contributed by atoms with van der Waals surface area (Å²) >= 11 is 0. The van der Waals surface area contributed by atoms with Crippen LogP contribution in [0.15, 0.2) is 24.3 Å². The minimum Gasteiger partial charge on any atom is -0.383 e. The second-order valence-corrected chi connectivity index (χ2v) is 5.79. The first kappa shape index (κ1) is 15.3. The van der Waals surface area contributed by atoms with Gasteiger partial charge in [-0.25, -0.2) is 4.68 Å². The maximum atomic E-state index is 11.4. The number of nitrogen functional groups attached to an aromatic ring is 1. The summed E-state index contributed by atoms with van der Waals surface area (Å²) in [5, 5.41) is 4.53. The molecule has 2 rings (SSSR count). The van der Waals surface area contributed by atoms with E-state index in [0.29, 0.717) is 29.5 Å². The molecule has 1 aromatic heterocycles. The van der Waals surface area contributed by atoms with Gasteiger partial charge in [-0.15, -0.1) is 0 Å². The fourth-order valence-electron chi connectivity index (χ4n) is 2.42. The van der Waals surface area contributed by atoms with Gasteiger partial charge in [-0.3, -0.25) is 4.79 Å². The Morgan fingerprint density at radius 1 is 1.29 bits per heavy atom. The van der Waals surface area contributed by atoms with Crippen molar-refractivity contribution in [3.63, 3.8) is 0 Å². The first-order valence-electron chi connectivity index (χ1n) is 7.47. The molecule has 0 amide bonds. The number of nitrogens with two attached hydrogens (primary N) is 1. The van der Waals surface area contributed by atoms with Gasteiger partial charge in [0.1, 0.15) is 11.5 Å². The van der Waals surface area contributed by atoms with E-state index in [-0.39, 0.29) is 0 Å². The van der Waals surface area contributed by atoms with Gasteiger partial charge in [-0.1, -0.05) is 51.5 Å². The number of aromatic nitrogens is 2. The van der Waals surface area contributed by atoms with E-state index in [1.165, 1.54) is 5.56 Å². The number of hydrogen-bond acceptors (Lipinski definition) is 3. The zero-order chi connectivity index (χ0) is 15.4. The Balaban J connectivity index is 2.40. The van der Waals surface area contributed by atoms with Gasteiger partial charge in [0.15, 0.2) is 6.29 Å². The summed E-state index contributed by atoms with van der Waals surface area (Å²) in [7, 11) is 0. The van der Waals surface area contributed by atoms with Crippen molar-refractivity contribution in [2.75, 3.05) is 5.73 Å². The molecule has 0 aliphatic rings. The molecule has 4 heteroatoms. The highest BCUT2D eigenvalue weighted by Crippen LogP contribution is 2.26. The maximum Gasteiger partial charge on any atom is 0.156 e. The predicted molar refractivity (Wildman–Crippen MR) is 86.3 cm³/mol. The molecule has 2 aromatic rings. The number of benzene rings is 1. The van der Waals surface area contributed by atoms with Crippen LogP contribution in [0.3, 0.4) is 0 Å². The highest BCUT2D eigenvalue weighted by Gasteiger charge is 2.17. The molecule has 112 valence electrons. The van der Waals surface area contributed by atoms with E-state index in [1.54, 1.807) is 4.68 Å². The Kier molecular flexibility index (Phi) is 4.78. The second kappa shape index (κ2) is 6.57. The van der Waals surface area contributed by atoms with Crippen LogP contribution >= 0.6 is 0 Å². The highest BCUT2D eigenvalue weighted by molar-refractivity contribution is 5.91. The van der Waals surface area contributed by atoms with Crippen molar-refractivity contribution in [1.82, 2.24) is 9.78 Å². The summed E-state index contributed by atoms with van der Waals surface area (Å²) in [4.78, 5) is 11.4. The van der Waals surface area contributed by atoms with Crippen molar-refractivity contribution in [1.29, 1.82) is 0 Å². The number of hydrogen-bond donors (Lipinski definition) is 1. The summed E-state index contributed by atoms with van der Waals surface area (Å²) in [6.07, 6.45) is 2.98. The predicted octanol–water partition coefficient (Wildman–Crippen LogP) is 3.55. The lowest BCUT2D eigenvalue weighted by molar-refractivity contribution is 0.112. The molecule has 1 aromatic carbocycles. The normalized spacial score (nSPS) is 11.0. The quantitative estimate of drug-likeness (QED) is 0.826. The molecule has 0 spiro atoms. The lowest BCUT2D eigenvalue weighted by atomic mass is 10.0. The molecule has 0 saturated carbocycles. The van der Waals surface area contributed by atoms with Crippen molar-refractivity contribution in [3.8, 4) is 11.3 Å². The van der Waals surface area contributed by atoms with Crippen LogP contribution in [-0.4, -0.2) is 16.1 Å². The standard InChI is InChI=1S/C17H23N3O/c1-4-5-13-6-8-14(9-7-13)16-15(11-21)17(18)20(19-16)10-12(2)3/h6-9,11-12H,4-5,10,18H2,1-3H3. The molecule has 0 atom stereocenters. The molecule has 0 saturated heterocycles. The molecule has 0 aliphatic carbocycles. The molecule has 0 aliphatic heterocycles. The molecule has 1 heterocycles. The lowest BCUT2D eigenvalue weighted by Crippen LogP contribution is -2.09. The van der Waals surface area contributed by atoms with Crippen molar-refractivity contribution in [2.24, 2.45) is 5.92 Å². The number of aldehydes is 1. The van der Waals surface area contributed by atoms with Gasteiger partial charge < -0.3 is 5.73 Å². The monoisotopic (exact) mass is 285 g/mol. The second-order valence-electron chi connectivity index (χ2n) is 5.79. The highest BCUT2D eigenvalue weighted by atomic mass is 16.1. The van der Waals surface area contributed by atoms with Crippen molar-refractivity contribution in [2.45, 2.75) is 40.2 Å². The average Bonchev–Trinajstić information content (AvgIpc) is 2.76. The Bertz CT molecular complexity index is 612. The fourth-order valence-corrected chi connectivity index (χ4v) is 2.42. The Hall–Kier alpha value is -2.10. The van der Waals surface area contributed by atoms with Gasteiger partial charge >= 0.3 is 0 Å². The topological polar surface area (TPSA) is 60.9 Å². The van der Waals surface area contributed by atoms with Gasteiger partial charge in [0, 0.05) is 12.1 Å². The number of aryl methyl sites for hydroxylation is 1. The largest absolute Gasteiger partial charge is 0.383 e. The van der Waals surface area contributed by atoms with E-state index >= 15 is 0 Å². The minimum atomic E-state index is 0.423. The lowest BCUT2D eigenvalue weighted by Gasteiger charge is -2.06. The Morgan fingerprint density at radius 3 is 2.48 bits per heavy atom. The van der Waals surface area contributed by atoms with Crippen LogP contribution in [0, 0.1) is 5.92 Å². The van der Waals surface area contributed by atoms with E-state index in [1.807, 2.05) is 12.1 Å². The molecular weight excluding hydrogens is 262 g/mol. The number of carbonyl (C=O) groups is 1. The van der Waals surface area contributed by atoms with Crippen molar-refractivity contribution < 1.29 is 4.79 Å². The third-order valence-corrected chi connectivity index (χ3v) is 3.45. The van der Waals surface area contributed by atoms with Gasteiger partial charge in [0.25, 0.3) is 0 Å². The molecule has 2 N–H and O–H groups in total. The number of rotatable bonds is 6. The molecule has 0 fully saturated rings. The van der Waals surface area contributed by atoms with E-state index in [2.05, 4.69) is 38.0 Å². The number of nitrogens with zero attached hydrogens (tertiary/aromatic N) is 2. The molecule has 0 radical (unpaired) electrons. The molecule has 0 unspecified atom stereocenters. The zero-order valence-electron chi connectivity index (χ0n) is 13.0.